The summed E-state index contributed by atoms with van der Waals surface area (Å²) >= 11 is 0. The second kappa shape index (κ2) is 6.92. The molecule has 0 bridgehead atoms. The average Bonchev–Trinajstić information content (AvgIpc) is 2.61. The largest absolute Gasteiger partial charge is 0.497 e. The maximum atomic E-state index is 6.33. The molecule has 0 spiro atoms. The van der Waals surface area contributed by atoms with E-state index in [1.165, 1.54) is 0 Å². The zero-order valence-electron chi connectivity index (χ0n) is 14.4. The van der Waals surface area contributed by atoms with Crippen LogP contribution in [0.15, 0.2) is 24.3 Å². The summed E-state index contributed by atoms with van der Waals surface area (Å²) in [5, 5.41) is 3.33. The Bertz CT molecular complexity index is 712. The van der Waals surface area contributed by atoms with Gasteiger partial charge in [0, 0.05) is 40.3 Å². The standard InChI is InChI=1S/C17H24N6O/c1-22(2)16-14(12-5-4-6-13(11-12)24-3)15(18)20-17(21-16)23-9-7-19-8-10-23/h4-6,11,19H,7-10H2,1-3H3,(H2,18,20,21). The van der Waals surface area contributed by atoms with E-state index in [0.717, 1.165) is 48.9 Å². The monoisotopic (exact) mass is 328 g/mol. The van der Waals surface area contributed by atoms with E-state index in [0.29, 0.717) is 11.8 Å². The van der Waals surface area contributed by atoms with Gasteiger partial charge >= 0.3 is 0 Å². The molecule has 0 unspecified atom stereocenters. The molecule has 1 aromatic heterocycles. The van der Waals surface area contributed by atoms with Crippen molar-refractivity contribution < 1.29 is 4.74 Å². The number of rotatable bonds is 4. The summed E-state index contributed by atoms with van der Waals surface area (Å²) in [6.07, 6.45) is 0. The predicted molar refractivity (Wildman–Crippen MR) is 97.8 cm³/mol. The third-order valence-corrected chi connectivity index (χ3v) is 4.09. The summed E-state index contributed by atoms with van der Waals surface area (Å²) in [6, 6.07) is 7.80. The zero-order chi connectivity index (χ0) is 17.1. The first-order valence-corrected chi connectivity index (χ1v) is 8.05. The fourth-order valence-electron chi connectivity index (χ4n) is 2.84. The molecule has 0 aliphatic carbocycles. The van der Waals surface area contributed by atoms with Gasteiger partial charge in [0.1, 0.15) is 17.4 Å². The van der Waals surface area contributed by atoms with Crippen molar-refractivity contribution >= 4 is 17.6 Å². The normalized spacial score (nSPS) is 14.5. The van der Waals surface area contributed by atoms with Gasteiger partial charge in [0.25, 0.3) is 0 Å². The van der Waals surface area contributed by atoms with Crippen LogP contribution in [0, 0.1) is 0 Å². The Labute approximate surface area is 142 Å². The number of nitrogens with one attached hydrogen (secondary N) is 1. The van der Waals surface area contributed by atoms with Crippen molar-refractivity contribution in [3.8, 4) is 16.9 Å². The van der Waals surface area contributed by atoms with Gasteiger partial charge in [-0.25, -0.2) is 0 Å². The lowest BCUT2D eigenvalue weighted by atomic mass is 10.1. The maximum Gasteiger partial charge on any atom is 0.229 e. The predicted octanol–water partition coefficient (Wildman–Crippen LogP) is 1.21. The number of nitrogens with two attached hydrogens (primary N) is 1. The first kappa shape index (κ1) is 16.3. The molecule has 1 saturated heterocycles. The van der Waals surface area contributed by atoms with Crippen molar-refractivity contribution in [1.82, 2.24) is 15.3 Å². The van der Waals surface area contributed by atoms with Gasteiger partial charge in [0.05, 0.1) is 12.7 Å². The number of aromatic nitrogens is 2. The molecule has 3 rings (SSSR count). The summed E-state index contributed by atoms with van der Waals surface area (Å²) in [7, 11) is 5.58. The smallest absolute Gasteiger partial charge is 0.229 e. The van der Waals surface area contributed by atoms with Crippen LogP contribution in [0.5, 0.6) is 5.75 Å². The Morgan fingerprint density at radius 1 is 1.21 bits per heavy atom. The van der Waals surface area contributed by atoms with Crippen LogP contribution >= 0.6 is 0 Å². The number of piperazine rings is 1. The number of ether oxygens (including phenoxy) is 1. The van der Waals surface area contributed by atoms with Crippen molar-refractivity contribution in [2.45, 2.75) is 0 Å². The Hall–Kier alpha value is -2.54. The lowest BCUT2D eigenvalue weighted by molar-refractivity contribution is 0.415. The SMILES string of the molecule is COc1cccc(-c2c(N)nc(N3CCNCC3)nc2N(C)C)c1. The van der Waals surface area contributed by atoms with Crippen LogP contribution in [0.2, 0.25) is 0 Å². The van der Waals surface area contributed by atoms with E-state index >= 15 is 0 Å². The van der Waals surface area contributed by atoms with E-state index in [4.69, 9.17) is 15.5 Å². The van der Waals surface area contributed by atoms with Crippen LogP contribution in [0.1, 0.15) is 0 Å². The fraction of sp³-hybridized carbons (Fsp3) is 0.412. The molecule has 0 saturated carbocycles. The van der Waals surface area contributed by atoms with Crippen LogP contribution < -0.4 is 25.6 Å². The van der Waals surface area contributed by atoms with Crippen LogP contribution in [-0.4, -0.2) is 57.4 Å². The van der Waals surface area contributed by atoms with Gasteiger partial charge in [0.2, 0.25) is 5.95 Å². The van der Waals surface area contributed by atoms with E-state index in [1.54, 1.807) is 7.11 Å². The minimum Gasteiger partial charge on any atom is -0.497 e. The third kappa shape index (κ3) is 3.21. The van der Waals surface area contributed by atoms with E-state index < -0.39 is 0 Å². The van der Waals surface area contributed by atoms with E-state index in [9.17, 15) is 0 Å². The number of benzene rings is 1. The molecule has 2 heterocycles. The second-order valence-electron chi connectivity index (χ2n) is 5.97. The highest BCUT2D eigenvalue weighted by molar-refractivity contribution is 5.85. The van der Waals surface area contributed by atoms with Gasteiger partial charge < -0.3 is 25.6 Å². The van der Waals surface area contributed by atoms with Crippen LogP contribution in [0.4, 0.5) is 17.6 Å². The van der Waals surface area contributed by atoms with E-state index in [1.807, 2.05) is 43.3 Å². The zero-order valence-corrected chi connectivity index (χ0v) is 14.4. The van der Waals surface area contributed by atoms with Gasteiger partial charge in [-0.05, 0) is 17.7 Å². The Morgan fingerprint density at radius 3 is 2.62 bits per heavy atom. The summed E-state index contributed by atoms with van der Waals surface area (Å²) in [5.74, 6) is 2.76. The lowest BCUT2D eigenvalue weighted by Gasteiger charge is -2.29. The minimum atomic E-state index is 0.482. The average molecular weight is 328 g/mol. The first-order chi connectivity index (χ1) is 11.6. The molecule has 0 radical (unpaired) electrons. The summed E-state index contributed by atoms with van der Waals surface area (Å²) in [6.45, 7) is 3.62. The number of anilines is 3. The van der Waals surface area contributed by atoms with Gasteiger partial charge in [0.15, 0.2) is 0 Å². The molecule has 1 aliphatic rings. The van der Waals surface area contributed by atoms with Crippen molar-refractivity contribution in [1.29, 1.82) is 0 Å². The molecule has 2 aromatic rings. The van der Waals surface area contributed by atoms with Gasteiger partial charge in [-0.15, -0.1) is 0 Å². The number of methoxy groups -OCH3 is 1. The Balaban J connectivity index is 2.08. The van der Waals surface area contributed by atoms with Crippen LogP contribution in [-0.2, 0) is 0 Å². The molecular formula is C17H24N6O. The Morgan fingerprint density at radius 2 is 1.96 bits per heavy atom. The molecule has 1 aromatic carbocycles. The third-order valence-electron chi connectivity index (χ3n) is 4.09. The number of hydrogen-bond donors (Lipinski definition) is 2. The summed E-state index contributed by atoms with van der Waals surface area (Å²) < 4.78 is 5.33. The van der Waals surface area contributed by atoms with E-state index in [-0.39, 0.29) is 0 Å². The van der Waals surface area contributed by atoms with Crippen molar-refractivity contribution in [3.05, 3.63) is 24.3 Å². The molecule has 0 atom stereocenters. The number of nitrogens with zero attached hydrogens (tertiary/aromatic N) is 4. The van der Waals surface area contributed by atoms with Crippen molar-refractivity contribution in [2.75, 3.05) is 62.9 Å². The highest BCUT2D eigenvalue weighted by Crippen LogP contribution is 2.35. The Kier molecular flexibility index (Phi) is 4.71. The fourth-order valence-corrected chi connectivity index (χ4v) is 2.84. The van der Waals surface area contributed by atoms with Gasteiger partial charge in [-0.3, -0.25) is 0 Å². The summed E-state index contributed by atoms with van der Waals surface area (Å²) in [4.78, 5) is 13.5. The van der Waals surface area contributed by atoms with Gasteiger partial charge in [-0.2, -0.15) is 9.97 Å². The molecule has 3 N–H and O–H groups in total. The number of hydrogen-bond acceptors (Lipinski definition) is 7. The van der Waals surface area contributed by atoms with Gasteiger partial charge in [-0.1, -0.05) is 12.1 Å². The maximum absolute atomic E-state index is 6.33. The molecule has 0 amide bonds. The first-order valence-electron chi connectivity index (χ1n) is 8.05. The number of nitrogen functional groups attached to an aromatic ring is 1. The van der Waals surface area contributed by atoms with E-state index in [2.05, 4.69) is 15.2 Å². The second-order valence-corrected chi connectivity index (χ2v) is 5.97. The lowest BCUT2D eigenvalue weighted by Crippen LogP contribution is -2.44. The molecular weight excluding hydrogens is 304 g/mol. The van der Waals surface area contributed by atoms with Crippen molar-refractivity contribution in [2.24, 2.45) is 0 Å². The van der Waals surface area contributed by atoms with Crippen LogP contribution in [0.25, 0.3) is 11.1 Å². The quantitative estimate of drug-likeness (QED) is 0.873. The minimum absolute atomic E-state index is 0.482. The summed E-state index contributed by atoms with van der Waals surface area (Å²) in [5.41, 5.74) is 8.11. The van der Waals surface area contributed by atoms with Crippen LogP contribution in [0.3, 0.4) is 0 Å². The molecule has 1 aliphatic heterocycles. The topological polar surface area (TPSA) is 79.5 Å². The highest BCUT2D eigenvalue weighted by Gasteiger charge is 2.20. The molecule has 1 fully saturated rings. The molecule has 128 valence electrons. The molecule has 24 heavy (non-hydrogen) atoms. The highest BCUT2D eigenvalue weighted by atomic mass is 16.5. The van der Waals surface area contributed by atoms with Crippen molar-refractivity contribution in [3.63, 3.8) is 0 Å². The molecule has 7 heteroatoms. The molecule has 7 nitrogen and oxygen atoms in total.